The van der Waals surface area contributed by atoms with Gasteiger partial charge in [-0.2, -0.15) is 13.2 Å². The highest BCUT2D eigenvalue weighted by molar-refractivity contribution is 9.10. The second-order valence-electron chi connectivity index (χ2n) is 3.57. The summed E-state index contributed by atoms with van der Waals surface area (Å²) in [5.74, 6) is -2.34. The number of halogens is 4. The second-order valence-corrected chi connectivity index (χ2v) is 4.43. The summed E-state index contributed by atoms with van der Waals surface area (Å²) in [5.41, 5.74) is -3.25. The molecule has 1 aromatic rings. The van der Waals surface area contributed by atoms with E-state index >= 15 is 0 Å². The van der Waals surface area contributed by atoms with E-state index in [-0.39, 0.29) is 10.2 Å². The number of alkyl halides is 3. The van der Waals surface area contributed by atoms with Gasteiger partial charge in [-0.05, 0) is 12.1 Å². The first-order valence-electron chi connectivity index (χ1n) is 4.75. The maximum absolute atomic E-state index is 12.9. The van der Waals surface area contributed by atoms with Crippen molar-refractivity contribution >= 4 is 39.0 Å². The summed E-state index contributed by atoms with van der Waals surface area (Å²) in [6.45, 7) is 0. The van der Waals surface area contributed by atoms with Gasteiger partial charge in [0.05, 0.1) is 16.8 Å². The first kappa shape index (κ1) is 13.5. The normalized spacial score (nSPS) is 17.4. The maximum Gasteiger partial charge on any atom is 0.418 e. The summed E-state index contributed by atoms with van der Waals surface area (Å²) < 4.78 is 38.5. The van der Waals surface area contributed by atoms with Crippen molar-refractivity contribution in [3.05, 3.63) is 27.7 Å². The summed E-state index contributed by atoms with van der Waals surface area (Å²) in [7, 11) is 0. The van der Waals surface area contributed by atoms with Crippen molar-refractivity contribution in [1.29, 1.82) is 0 Å². The fourth-order valence-corrected chi connectivity index (χ4v) is 2.24. The highest BCUT2D eigenvalue weighted by atomic mass is 79.9. The van der Waals surface area contributed by atoms with Crippen molar-refractivity contribution in [2.24, 2.45) is 5.16 Å². The van der Waals surface area contributed by atoms with E-state index in [0.717, 1.165) is 12.1 Å². The zero-order valence-electron chi connectivity index (χ0n) is 8.88. The number of rotatable bonds is 0. The van der Waals surface area contributed by atoms with Crippen LogP contribution in [0.15, 0.2) is 21.8 Å². The molecule has 0 bridgehead atoms. The first-order chi connectivity index (χ1) is 8.77. The lowest BCUT2D eigenvalue weighted by Gasteiger charge is -2.21. The molecular formula is C10H4BrF3N2O3. The zero-order chi connectivity index (χ0) is 14.4. The molecule has 5 nitrogen and oxygen atoms in total. The molecule has 0 aliphatic carbocycles. The molecule has 2 N–H and O–H groups in total. The first-order valence-corrected chi connectivity index (χ1v) is 5.54. The highest BCUT2D eigenvalue weighted by Gasteiger charge is 2.43. The summed E-state index contributed by atoms with van der Waals surface area (Å²) in [5, 5.41) is 13.0. The molecule has 1 amide bonds. The molecule has 0 atom stereocenters. The fraction of sp³-hybridized carbons (Fsp3) is 0.100. The Balaban J connectivity index is 2.79. The minimum absolute atomic E-state index is 0.280. The number of oxime groups is 1. The Morgan fingerprint density at radius 3 is 2.42 bits per heavy atom. The summed E-state index contributed by atoms with van der Waals surface area (Å²) >= 11 is 2.71. The van der Waals surface area contributed by atoms with E-state index in [1.807, 2.05) is 0 Å². The Morgan fingerprint density at radius 1 is 1.26 bits per heavy atom. The number of hydrogen-bond acceptors (Lipinski definition) is 4. The van der Waals surface area contributed by atoms with Crippen LogP contribution in [0.5, 0.6) is 0 Å². The van der Waals surface area contributed by atoms with Crippen LogP contribution in [0, 0.1) is 0 Å². The number of anilines is 1. The molecular weight excluding hydrogens is 333 g/mol. The fourth-order valence-electron chi connectivity index (χ4n) is 1.69. The number of nitrogens with zero attached hydrogens (tertiary/aromatic N) is 1. The standard InChI is InChI=1S/C10H4BrF3N2O3/c11-3-1-2-4-5(6(3)10(12,13)14)8(17)7(16-19)9(18)15-4/h1-2,19H,(H,15,18)/b16-7-. The van der Waals surface area contributed by atoms with Gasteiger partial charge < -0.3 is 10.5 Å². The molecule has 0 spiro atoms. The van der Waals surface area contributed by atoms with E-state index in [0.29, 0.717) is 0 Å². The number of Topliss-reactive ketones (excluding diaryl/α,β-unsaturated/α-hetero) is 1. The van der Waals surface area contributed by atoms with Crippen LogP contribution >= 0.6 is 15.9 Å². The van der Waals surface area contributed by atoms with Gasteiger partial charge in [-0.1, -0.05) is 21.1 Å². The van der Waals surface area contributed by atoms with E-state index in [2.05, 4.69) is 26.4 Å². The molecule has 1 aliphatic heterocycles. The Bertz CT molecular complexity index is 625. The van der Waals surface area contributed by atoms with E-state index in [1.165, 1.54) is 0 Å². The van der Waals surface area contributed by atoms with Crippen molar-refractivity contribution in [1.82, 2.24) is 0 Å². The lowest BCUT2D eigenvalue weighted by atomic mass is 9.94. The predicted molar refractivity (Wildman–Crippen MR) is 61.3 cm³/mol. The Labute approximate surface area is 112 Å². The van der Waals surface area contributed by atoms with Crippen LogP contribution in [0.3, 0.4) is 0 Å². The van der Waals surface area contributed by atoms with Crippen LogP contribution < -0.4 is 5.32 Å². The number of nitrogens with one attached hydrogen (secondary N) is 1. The van der Waals surface area contributed by atoms with E-state index in [4.69, 9.17) is 5.21 Å². The molecule has 2 rings (SSSR count). The average molecular weight is 337 g/mol. The topological polar surface area (TPSA) is 78.8 Å². The molecule has 0 unspecified atom stereocenters. The van der Waals surface area contributed by atoms with Crippen LogP contribution in [0.1, 0.15) is 15.9 Å². The Hall–Kier alpha value is -1.90. The number of carbonyl (C=O) groups excluding carboxylic acids is 2. The molecule has 1 aliphatic rings. The molecule has 100 valence electrons. The summed E-state index contributed by atoms with van der Waals surface area (Å²) in [4.78, 5) is 23.1. The molecule has 1 aromatic carbocycles. The van der Waals surface area contributed by atoms with E-state index in [9.17, 15) is 22.8 Å². The molecule has 0 radical (unpaired) electrons. The largest absolute Gasteiger partial charge is 0.418 e. The van der Waals surface area contributed by atoms with Gasteiger partial charge in [-0.25, -0.2) is 0 Å². The molecule has 0 fully saturated rings. The molecule has 9 heteroatoms. The number of amides is 1. The highest BCUT2D eigenvalue weighted by Crippen LogP contribution is 2.41. The van der Waals surface area contributed by atoms with Crippen molar-refractivity contribution < 1.29 is 28.0 Å². The molecule has 0 aromatic heterocycles. The van der Waals surface area contributed by atoms with Gasteiger partial charge in [0.2, 0.25) is 11.5 Å². The van der Waals surface area contributed by atoms with Crippen molar-refractivity contribution in [2.75, 3.05) is 5.32 Å². The van der Waals surface area contributed by atoms with Gasteiger partial charge in [-0.15, -0.1) is 0 Å². The molecule has 0 saturated carbocycles. The van der Waals surface area contributed by atoms with Crippen molar-refractivity contribution in [3.8, 4) is 0 Å². The number of ketones is 1. The number of benzene rings is 1. The Morgan fingerprint density at radius 2 is 1.89 bits per heavy atom. The lowest BCUT2D eigenvalue weighted by molar-refractivity contribution is -0.138. The van der Waals surface area contributed by atoms with Crippen LogP contribution in [-0.2, 0) is 11.0 Å². The van der Waals surface area contributed by atoms with Gasteiger partial charge in [0.25, 0.3) is 5.91 Å². The maximum atomic E-state index is 12.9. The number of hydrogen-bond donors (Lipinski definition) is 2. The third-order valence-corrected chi connectivity index (χ3v) is 3.10. The van der Waals surface area contributed by atoms with Crippen LogP contribution in [0.25, 0.3) is 0 Å². The lowest BCUT2D eigenvalue weighted by Crippen LogP contribution is -2.37. The predicted octanol–water partition coefficient (Wildman–Crippen LogP) is 2.43. The van der Waals surface area contributed by atoms with E-state index < -0.39 is 34.7 Å². The number of carbonyl (C=O) groups is 2. The van der Waals surface area contributed by atoms with Crippen molar-refractivity contribution in [3.63, 3.8) is 0 Å². The molecule has 0 saturated heterocycles. The van der Waals surface area contributed by atoms with Crippen LogP contribution in [0.2, 0.25) is 0 Å². The van der Waals surface area contributed by atoms with Gasteiger partial charge in [0.1, 0.15) is 0 Å². The van der Waals surface area contributed by atoms with Gasteiger partial charge >= 0.3 is 6.18 Å². The third kappa shape index (κ3) is 2.09. The second kappa shape index (κ2) is 4.34. The monoisotopic (exact) mass is 336 g/mol. The summed E-state index contributed by atoms with van der Waals surface area (Å²) in [6.07, 6.45) is -4.80. The Kier molecular flexibility index (Phi) is 3.09. The van der Waals surface area contributed by atoms with Crippen LogP contribution in [0.4, 0.5) is 18.9 Å². The van der Waals surface area contributed by atoms with Crippen molar-refractivity contribution in [2.45, 2.75) is 6.18 Å². The van der Waals surface area contributed by atoms with Gasteiger partial charge in [0.15, 0.2) is 0 Å². The smallest absolute Gasteiger partial charge is 0.410 e. The minimum Gasteiger partial charge on any atom is -0.410 e. The molecule has 19 heavy (non-hydrogen) atoms. The average Bonchev–Trinajstić information content (AvgIpc) is 2.29. The SMILES string of the molecule is O=C1Nc2ccc(Br)c(C(F)(F)F)c2C(=O)/C1=N/O. The minimum atomic E-state index is -4.80. The number of fused-ring (bicyclic) bond motifs is 1. The molecule has 1 heterocycles. The van der Waals surface area contributed by atoms with E-state index in [1.54, 1.807) is 0 Å². The van der Waals surface area contributed by atoms with Crippen LogP contribution in [-0.4, -0.2) is 22.6 Å². The summed E-state index contributed by atoms with van der Waals surface area (Å²) in [6, 6.07) is 2.22. The van der Waals surface area contributed by atoms with Gasteiger partial charge in [0, 0.05) is 4.47 Å². The zero-order valence-corrected chi connectivity index (χ0v) is 10.5. The van der Waals surface area contributed by atoms with Gasteiger partial charge in [-0.3, -0.25) is 9.59 Å². The quantitative estimate of drug-likeness (QED) is 0.564. The third-order valence-electron chi connectivity index (χ3n) is 2.44.